The van der Waals surface area contributed by atoms with Crippen LogP contribution in [0, 0.1) is 0 Å². The first-order chi connectivity index (χ1) is 16.0. The van der Waals surface area contributed by atoms with Gasteiger partial charge < -0.3 is 18.6 Å². The molecule has 0 saturated carbocycles. The van der Waals surface area contributed by atoms with Crippen molar-refractivity contribution in [3.63, 3.8) is 0 Å². The summed E-state index contributed by atoms with van der Waals surface area (Å²) < 4.78 is 22.8. The fraction of sp³-hybridized carbons (Fsp3) is 0.222. The Morgan fingerprint density at radius 3 is 2.27 bits per heavy atom. The second-order valence-corrected chi connectivity index (χ2v) is 7.91. The molecule has 0 amide bonds. The second-order valence-electron chi connectivity index (χ2n) is 7.91. The van der Waals surface area contributed by atoms with Gasteiger partial charge in [-0.25, -0.2) is 0 Å². The lowest BCUT2D eigenvalue weighted by molar-refractivity contribution is 0.103. The standard InChI is InChI=1S/C27H27NO5/c1-28(2)23(18-10-12-20(30-3)13-11-18)17-33-25-15-21(31-4)14-24-26(25)22(16-32-24)27(29)19-8-6-5-7-9-19/h5-16,23H,17H2,1-4H3. The van der Waals surface area contributed by atoms with E-state index >= 15 is 0 Å². The maximum Gasteiger partial charge on any atom is 0.197 e. The summed E-state index contributed by atoms with van der Waals surface area (Å²) >= 11 is 0. The van der Waals surface area contributed by atoms with E-state index in [-0.39, 0.29) is 11.8 Å². The van der Waals surface area contributed by atoms with Gasteiger partial charge in [-0.1, -0.05) is 42.5 Å². The monoisotopic (exact) mass is 445 g/mol. The van der Waals surface area contributed by atoms with Crippen LogP contribution in [0.4, 0.5) is 0 Å². The third-order valence-corrected chi connectivity index (χ3v) is 5.65. The molecule has 170 valence electrons. The van der Waals surface area contributed by atoms with Crippen LogP contribution in [0.15, 0.2) is 77.4 Å². The van der Waals surface area contributed by atoms with Gasteiger partial charge in [0.1, 0.15) is 35.7 Å². The molecule has 0 N–H and O–H groups in total. The summed E-state index contributed by atoms with van der Waals surface area (Å²) in [6.45, 7) is 0.367. The van der Waals surface area contributed by atoms with Crippen molar-refractivity contribution in [3.8, 4) is 17.2 Å². The summed E-state index contributed by atoms with van der Waals surface area (Å²) in [5, 5.41) is 0.636. The van der Waals surface area contributed by atoms with Crippen LogP contribution >= 0.6 is 0 Å². The number of ether oxygens (including phenoxy) is 3. The highest BCUT2D eigenvalue weighted by Gasteiger charge is 2.22. The van der Waals surface area contributed by atoms with Crippen LogP contribution in [-0.4, -0.2) is 45.6 Å². The Morgan fingerprint density at radius 1 is 0.939 bits per heavy atom. The van der Waals surface area contributed by atoms with E-state index in [0.717, 1.165) is 11.3 Å². The molecule has 1 unspecified atom stereocenters. The molecule has 0 fully saturated rings. The van der Waals surface area contributed by atoms with Gasteiger partial charge >= 0.3 is 0 Å². The first-order valence-corrected chi connectivity index (χ1v) is 10.6. The Morgan fingerprint density at radius 2 is 1.64 bits per heavy atom. The van der Waals surface area contributed by atoms with Crippen LogP contribution < -0.4 is 14.2 Å². The van der Waals surface area contributed by atoms with Crippen molar-refractivity contribution in [2.24, 2.45) is 0 Å². The molecule has 4 rings (SSSR count). The van der Waals surface area contributed by atoms with Crippen LogP contribution in [0.25, 0.3) is 11.0 Å². The molecule has 0 aliphatic heterocycles. The van der Waals surface area contributed by atoms with Gasteiger partial charge in [-0.3, -0.25) is 9.69 Å². The van der Waals surface area contributed by atoms with Crippen molar-refractivity contribution in [2.45, 2.75) is 6.04 Å². The van der Waals surface area contributed by atoms with Crippen LogP contribution in [0.1, 0.15) is 27.5 Å². The molecule has 3 aromatic carbocycles. The maximum absolute atomic E-state index is 13.2. The van der Waals surface area contributed by atoms with Crippen LogP contribution in [0.2, 0.25) is 0 Å². The first kappa shape index (κ1) is 22.4. The molecule has 0 aliphatic carbocycles. The van der Waals surface area contributed by atoms with Crippen LogP contribution in [0.5, 0.6) is 17.2 Å². The normalized spacial score (nSPS) is 12.0. The smallest absolute Gasteiger partial charge is 0.197 e. The van der Waals surface area contributed by atoms with E-state index in [9.17, 15) is 4.79 Å². The molecular formula is C27H27NO5. The number of nitrogens with zero attached hydrogens (tertiary/aromatic N) is 1. The highest BCUT2D eigenvalue weighted by Crippen LogP contribution is 2.37. The van der Waals surface area contributed by atoms with Crippen molar-refractivity contribution in [1.82, 2.24) is 4.90 Å². The molecule has 1 aromatic heterocycles. The lowest BCUT2D eigenvalue weighted by Gasteiger charge is -2.25. The van der Waals surface area contributed by atoms with Crippen LogP contribution in [0.3, 0.4) is 0 Å². The minimum absolute atomic E-state index is 0.0164. The molecule has 6 nitrogen and oxygen atoms in total. The summed E-state index contributed by atoms with van der Waals surface area (Å²) in [4.78, 5) is 15.3. The lowest BCUT2D eigenvalue weighted by Crippen LogP contribution is -2.25. The van der Waals surface area contributed by atoms with E-state index in [1.807, 2.05) is 56.6 Å². The largest absolute Gasteiger partial charge is 0.497 e. The second kappa shape index (κ2) is 9.79. The molecule has 6 heteroatoms. The number of benzene rings is 3. The van der Waals surface area contributed by atoms with E-state index in [2.05, 4.69) is 4.90 Å². The number of fused-ring (bicyclic) bond motifs is 1. The Kier molecular flexibility index (Phi) is 6.66. The zero-order valence-electron chi connectivity index (χ0n) is 19.2. The van der Waals surface area contributed by atoms with E-state index in [1.165, 1.54) is 6.26 Å². The van der Waals surface area contributed by atoms with E-state index in [4.69, 9.17) is 18.6 Å². The van der Waals surface area contributed by atoms with Crippen LogP contribution in [-0.2, 0) is 0 Å². The number of rotatable bonds is 9. The molecule has 0 bridgehead atoms. The van der Waals surface area contributed by atoms with Gasteiger partial charge in [0.25, 0.3) is 0 Å². The fourth-order valence-electron chi connectivity index (χ4n) is 3.79. The van der Waals surface area contributed by atoms with Crippen molar-refractivity contribution in [3.05, 3.63) is 89.7 Å². The van der Waals surface area contributed by atoms with Gasteiger partial charge in [-0.05, 0) is 31.8 Å². The number of likely N-dealkylation sites (N-methyl/N-ethyl adjacent to an activating group) is 1. The minimum Gasteiger partial charge on any atom is -0.497 e. The quantitative estimate of drug-likeness (QED) is 0.323. The third kappa shape index (κ3) is 4.71. The maximum atomic E-state index is 13.2. The Balaban J connectivity index is 1.69. The SMILES string of the molecule is COc1ccc(C(COc2cc(OC)cc3occ(C(=O)c4ccccc4)c23)N(C)C)cc1. The first-order valence-electron chi connectivity index (χ1n) is 10.6. The number of carbonyl (C=O) groups is 1. The zero-order chi connectivity index (χ0) is 23.4. The molecule has 33 heavy (non-hydrogen) atoms. The molecule has 0 aliphatic rings. The summed E-state index contributed by atoms with van der Waals surface area (Å²) in [5.41, 5.74) is 2.67. The van der Waals surface area contributed by atoms with E-state index in [1.54, 1.807) is 38.5 Å². The average Bonchev–Trinajstić information content (AvgIpc) is 3.28. The molecule has 4 aromatic rings. The van der Waals surface area contributed by atoms with Gasteiger partial charge in [-0.15, -0.1) is 0 Å². The number of hydrogen-bond acceptors (Lipinski definition) is 6. The van der Waals surface area contributed by atoms with Gasteiger partial charge in [0.15, 0.2) is 5.78 Å². The average molecular weight is 446 g/mol. The minimum atomic E-state index is -0.122. The van der Waals surface area contributed by atoms with E-state index < -0.39 is 0 Å². The lowest BCUT2D eigenvalue weighted by atomic mass is 10.0. The zero-order valence-corrected chi connectivity index (χ0v) is 19.2. The topological polar surface area (TPSA) is 61.1 Å². The highest BCUT2D eigenvalue weighted by atomic mass is 16.5. The Bertz CT molecular complexity index is 1230. The number of hydrogen-bond donors (Lipinski definition) is 0. The number of carbonyl (C=O) groups excluding carboxylic acids is 1. The van der Waals surface area contributed by atoms with Gasteiger partial charge in [0.05, 0.1) is 31.2 Å². The summed E-state index contributed by atoms with van der Waals surface area (Å²) in [5.74, 6) is 1.81. The molecule has 0 saturated heterocycles. The van der Waals surface area contributed by atoms with Crippen molar-refractivity contribution in [1.29, 1.82) is 0 Å². The Hall–Kier alpha value is -3.77. The predicted octanol–water partition coefficient (Wildman–Crippen LogP) is 5.36. The Labute approximate surface area is 193 Å². The van der Waals surface area contributed by atoms with Gasteiger partial charge in [0, 0.05) is 17.7 Å². The number of methoxy groups -OCH3 is 2. The molecule has 0 radical (unpaired) electrons. The third-order valence-electron chi connectivity index (χ3n) is 5.65. The van der Waals surface area contributed by atoms with Gasteiger partial charge in [-0.2, -0.15) is 0 Å². The number of furan rings is 1. The summed E-state index contributed by atoms with van der Waals surface area (Å²) in [6.07, 6.45) is 1.49. The fourth-order valence-corrected chi connectivity index (χ4v) is 3.79. The highest BCUT2D eigenvalue weighted by molar-refractivity contribution is 6.17. The summed E-state index contributed by atoms with van der Waals surface area (Å²) in [6, 6.07) is 20.6. The molecule has 0 spiro atoms. The molecular weight excluding hydrogens is 418 g/mol. The van der Waals surface area contributed by atoms with Crippen molar-refractivity contribution < 1.29 is 23.4 Å². The van der Waals surface area contributed by atoms with E-state index in [0.29, 0.717) is 40.2 Å². The molecule has 1 heterocycles. The van der Waals surface area contributed by atoms with Crippen molar-refractivity contribution >= 4 is 16.8 Å². The predicted molar refractivity (Wildman–Crippen MR) is 128 cm³/mol. The van der Waals surface area contributed by atoms with Gasteiger partial charge in [0.2, 0.25) is 0 Å². The summed E-state index contributed by atoms with van der Waals surface area (Å²) in [7, 11) is 7.24. The molecule has 1 atom stereocenters. The number of ketones is 1. The van der Waals surface area contributed by atoms with Crippen molar-refractivity contribution in [2.75, 3.05) is 34.9 Å².